The summed E-state index contributed by atoms with van der Waals surface area (Å²) >= 11 is 0. The van der Waals surface area contributed by atoms with Gasteiger partial charge in [-0.25, -0.2) is 8.42 Å². The number of hydrogen-bond donors (Lipinski definition) is 1. The minimum atomic E-state index is -3.83. The van der Waals surface area contributed by atoms with Crippen LogP contribution in [0.4, 0.5) is 0 Å². The second-order valence-corrected chi connectivity index (χ2v) is 11.4. The van der Waals surface area contributed by atoms with Crippen LogP contribution in [0.1, 0.15) is 30.4 Å². The lowest BCUT2D eigenvalue weighted by molar-refractivity contribution is -0.152. The molecule has 2 aromatic carbocycles. The maximum absolute atomic E-state index is 13.5. The summed E-state index contributed by atoms with van der Waals surface area (Å²) in [4.78, 5) is 15.2. The molecule has 8 nitrogen and oxygen atoms in total. The second-order valence-electron chi connectivity index (χ2n) is 9.56. The van der Waals surface area contributed by atoms with Crippen molar-refractivity contribution in [1.29, 1.82) is 0 Å². The Morgan fingerprint density at radius 2 is 1.74 bits per heavy atom. The molecule has 3 aliphatic heterocycles. The predicted octanol–water partition coefficient (Wildman–Crippen LogP) is 1.96. The number of fused-ring (bicyclic) bond motifs is 2. The Hall–Kier alpha value is -2.30. The average molecular weight is 501 g/mol. The van der Waals surface area contributed by atoms with E-state index in [1.165, 1.54) is 15.4 Å². The van der Waals surface area contributed by atoms with E-state index in [0.29, 0.717) is 25.9 Å². The minimum absolute atomic E-state index is 0.0319. The Balaban J connectivity index is 1.28. The fourth-order valence-electron chi connectivity index (χ4n) is 5.33. The Kier molecular flexibility index (Phi) is 7.22. The smallest absolute Gasteiger partial charge is 0.243 e. The molecular weight excluding hydrogens is 468 g/mol. The number of β-amino-alcohol motifs (C(OH)–C–C–N with tert-alkyl or cyclic N) is 1. The zero-order valence-corrected chi connectivity index (χ0v) is 20.5. The normalized spacial score (nSPS) is 27.9. The van der Waals surface area contributed by atoms with E-state index >= 15 is 0 Å². The molecule has 35 heavy (non-hydrogen) atoms. The first kappa shape index (κ1) is 24.4. The Morgan fingerprint density at radius 3 is 2.54 bits per heavy atom. The molecule has 0 saturated carbocycles. The highest BCUT2D eigenvalue weighted by atomic mass is 32.2. The maximum atomic E-state index is 13.5. The van der Waals surface area contributed by atoms with E-state index in [9.17, 15) is 18.3 Å². The van der Waals surface area contributed by atoms with Crippen LogP contribution in [0.3, 0.4) is 0 Å². The summed E-state index contributed by atoms with van der Waals surface area (Å²) < 4.78 is 40.3. The number of rotatable bonds is 4. The molecule has 2 saturated heterocycles. The fraction of sp³-hybridized carbons (Fsp3) is 0.500. The van der Waals surface area contributed by atoms with Crippen molar-refractivity contribution in [1.82, 2.24) is 9.21 Å². The second kappa shape index (κ2) is 10.4. The summed E-state index contributed by atoms with van der Waals surface area (Å²) in [6.45, 7) is 1.45. The van der Waals surface area contributed by atoms with E-state index in [1.54, 1.807) is 30.3 Å². The van der Waals surface area contributed by atoms with Gasteiger partial charge in [0, 0.05) is 19.6 Å². The first-order valence-electron chi connectivity index (χ1n) is 12.2. The summed E-state index contributed by atoms with van der Waals surface area (Å²) in [6.07, 6.45) is 0.488. The van der Waals surface area contributed by atoms with Crippen LogP contribution in [-0.2, 0) is 37.3 Å². The van der Waals surface area contributed by atoms with Gasteiger partial charge in [0.15, 0.2) is 0 Å². The van der Waals surface area contributed by atoms with Crippen molar-refractivity contribution in [3.05, 3.63) is 65.7 Å². The monoisotopic (exact) mass is 500 g/mol. The molecule has 1 N–H and O–H groups in total. The molecule has 0 radical (unpaired) electrons. The molecule has 0 aliphatic carbocycles. The van der Waals surface area contributed by atoms with Crippen molar-refractivity contribution >= 4 is 15.9 Å². The molecule has 0 bridgehead atoms. The van der Waals surface area contributed by atoms with Crippen molar-refractivity contribution in [3.8, 4) is 0 Å². The molecule has 9 heteroatoms. The van der Waals surface area contributed by atoms with Crippen LogP contribution in [0, 0.1) is 0 Å². The summed E-state index contributed by atoms with van der Waals surface area (Å²) in [7, 11) is -3.83. The zero-order chi connectivity index (χ0) is 24.4. The van der Waals surface area contributed by atoms with Crippen LogP contribution >= 0.6 is 0 Å². The first-order chi connectivity index (χ1) is 16.9. The molecule has 2 aromatic rings. The number of carbonyl (C=O) groups is 1. The van der Waals surface area contributed by atoms with Gasteiger partial charge in [0.2, 0.25) is 15.9 Å². The van der Waals surface area contributed by atoms with Crippen molar-refractivity contribution in [2.75, 3.05) is 26.3 Å². The third-order valence-corrected chi connectivity index (χ3v) is 9.07. The van der Waals surface area contributed by atoms with Crippen molar-refractivity contribution < 1.29 is 27.8 Å². The van der Waals surface area contributed by atoms with Gasteiger partial charge in [-0.15, -0.1) is 0 Å². The molecule has 5 rings (SSSR count). The van der Waals surface area contributed by atoms with E-state index in [4.69, 9.17) is 9.47 Å². The summed E-state index contributed by atoms with van der Waals surface area (Å²) in [6, 6.07) is 16.0. The molecule has 4 atom stereocenters. The summed E-state index contributed by atoms with van der Waals surface area (Å²) in [5.74, 6) is 0.0545. The number of benzene rings is 2. The number of ether oxygens (including phenoxy) is 2. The van der Waals surface area contributed by atoms with Gasteiger partial charge in [-0.1, -0.05) is 42.5 Å². The third-order valence-electron chi connectivity index (χ3n) is 7.17. The van der Waals surface area contributed by atoms with Gasteiger partial charge in [0.1, 0.15) is 0 Å². The maximum Gasteiger partial charge on any atom is 0.243 e. The number of aliphatic hydroxyl groups excluding tert-OH is 1. The van der Waals surface area contributed by atoms with Gasteiger partial charge in [-0.3, -0.25) is 4.79 Å². The Morgan fingerprint density at radius 1 is 1.00 bits per heavy atom. The highest BCUT2D eigenvalue weighted by Crippen LogP contribution is 2.32. The Labute approximate surface area is 206 Å². The van der Waals surface area contributed by atoms with Gasteiger partial charge in [-0.2, -0.15) is 4.31 Å². The predicted molar refractivity (Wildman–Crippen MR) is 129 cm³/mol. The SMILES string of the molecule is O=C(C[C@@H]1CC[C@H]2[C@@H](COC[C@@H](O)CN2S(=O)(=O)c2ccccc2)O1)N1CCc2ccccc2C1. The number of nitrogens with zero attached hydrogens (tertiary/aromatic N) is 2. The molecule has 3 heterocycles. The summed E-state index contributed by atoms with van der Waals surface area (Å²) in [5.41, 5.74) is 2.48. The quantitative estimate of drug-likeness (QED) is 0.690. The number of aliphatic hydroxyl groups is 1. The first-order valence-corrected chi connectivity index (χ1v) is 13.7. The topological polar surface area (TPSA) is 96.4 Å². The van der Waals surface area contributed by atoms with E-state index in [-0.39, 0.29) is 43.1 Å². The standard InChI is InChI=1S/C26H32N2O6S/c29-21-16-28(35(31,32)23-8-2-1-3-9-23)24-11-10-22(34-25(24)18-33-17-21)14-26(30)27-13-12-19-6-4-5-7-20(19)15-27/h1-9,21-22,24-25,29H,10-18H2/t21-,22-,24-,25+/m0/s1. The van der Waals surface area contributed by atoms with Crippen LogP contribution in [0.5, 0.6) is 0 Å². The lowest BCUT2D eigenvalue weighted by Gasteiger charge is -2.44. The average Bonchev–Trinajstić information content (AvgIpc) is 2.87. The van der Waals surface area contributed by atoms with Gasteiger partial charge in [-0.05, 0) is 42.5 Å². The molecule has 3 aliphatic rings. The van der Waals surface area contributed by atoms with Gasteiger partial charge >= 0.3 is 0 Å². The zero-order valence-electron chi connectivity index (χ0n) is 19.7. The van der Waals surface area contributed by atoms with Crippen LogP contribution in [0.2, 0.25) is 0 Å². The van der Waals surface area contributed by atoms with Crippen molar-refractivity contribution in [3.63, 3.8) is 0 Å². The van der Waals surface area contributed by atoms with Gasteiger partial charge in [0.05, 0.1) is 48.9 Å². The van der Waals surface area contributed by atoms with E-state index in [0.717, 1.165) is 6.42 Å². The third kappa shape index (κ3) is 5.29. The molecular formula is C26H32N2O6S. The molecule has 188 valence electrons. The number of carbonyl (C=O) groups excluding carboxylic acids is 1. The lowest BCUT2D eigenvalue weighted by Crippen LogP contribution is -2.57. The van der Waals surface area contributed by atoms with Crippen LogP contribution in [-0.4, -0.2) is 79.3 Å². The molecule has 0 spiro atoms. The lowest BCUT2D eigenvalue weighted by atomic mass is 9.95. The molecule has 0 unspecified atom stereocenters. The number of amides is 1. The molecule has 2 fully saturated rings. The number of hydrogen-bond acceptors (Lipinski definition) is 6. The van der Waals surface area contributed by atoms with Crippen LogP contribution < -0.4 is 0 Å². The van der Waals surface area contributed by atoms with Gasteiger partial charge < -0.3 is 19.5 Å². The van der Waals surface area contributed by atoms with Crippen molar-refractivity contribution in [2.24, 2.45) is 0 Å². The summed E-state index contributed by atoms with van der Waals surface area (Å²) in [5, 5.41) is 10.3. The van der Waals surface area contributed by atoms with E-state index < -0.39 is 28.3 Å². The molecule has 0 aromatic heterocycles. The molecule has 1 amide bonds. The largest absolute Gasteiger partial charge is 0.389 e. The fourth-order valence-corrected chi connectivity index (χ4v) is 7.07. The van der Waals surface area contributed by atoms with Crippen LogP contribution in [0.15, 0.2) is 59.5 Å². The van der Waals surface area contributed by atoms with Crippen molar-refractivity contribution in [2.45, 2.75) is 61.5 Å². The van der Waals surface area contributed by atoms with Crippen LogP contribution in [0.25, 0.3) is 0 Å². The van der Waals surface area contributed by atoms with E-state index in [2.05, 4.69) is 12.1 Å². The number of sulfonamides is 1. The highest BCUT2D eigenvalue weighted by Gasteiger charge is 2.43. The highest BCUT2D eigenvalue weighted by molar-refractivity contribution is 7.89. The van der Waals surface area contributed by atoms with Gasteiger partial charge in [0.25, 0.3) is 0 Å². The minimum Gasteiger partial charge on any atom is -0.389 e. The Bertz CT molecular complexity index is 1140. The van der Waals surface area contributed by atoms with E-state index in [1.807, 2.05) is 17.0 Å².